The quantitative estimate of drug-likeness (QED) is 0.603. The van der Waals surface area contributed by atoms with Crippen molar-refractivity contribution in [2.45, 2.75) is 37.8 Å². The van der Waals surface area contributed by atoms with Crippen LogP contribution in [0.1, 0.15) is 42.2 Å². The maximum absolute atomic E-state index is 12.5. The molecule has 4 aliphatic heterocycles. The van der Waals surface area contributed by atoms with Gasteiger partial charge in [-0.3, -0.25) is 4.68 Å². The summed E-state index contributed by atoms with van der Waals surface area (Å²) in [5, 5.41) is 5.24. The average molecular weight is 414 g/mol. The van der Waals surface area contributed by atoms with E-state index in [9.17, 15) is 9.59 Å². The van der Waals surface area contributed by atoms with Gasteiger partial charge in [0, 0.05) is 30.8 Å². The number of aromatic nitrogens is 2. The lowest BCUT2D eigenvalue weighted by atomic mass is 9.84. The molecule has 0 radical (unpaired) electrons. The standard InChI is InChI=1S/C21H26N4O5/c22-21(27)30-20(26)19-16-2-1-15(29-14-5-9-28-10-6-14)11-17(16)25(23-19)18-12-24-7-3-13(18)4-8-24/h1-2,11,13-14,18H,3-10,12H2,(H2,22,27)/t18-/m1/s1. The van der Waals surface area contributed by atoms with Gasteiger partial charge in [-0.25, -0.2) is 9.59 Å². The average Bonchev–Trinajstić information content (AvgIpc) is 3.14. The van der Waals surface area contributed by atoms with Crippen LogP contribution in [0.25, 0.3) is 10.9 Å². The summed E-state index contributed by atoms with van der Waals surface area (Å²) in [6, 6.07) is 5.76. The smallest absolute Gasteiger partial charge is 0.412 e. The largest absolute Gasteiger partial charge is 0.490 e. The highest BCUT2D eigenvalue weighted by molar-refractivity contribution is 6.05. The van der Waals surface area contributed by atoms with Gasteiger partial charge < -0.3 is 24.8 Å². The van der Waals surface area contributed by atoms with Gasteiger partial charge in [0.25, 0.3) is 0 Å². The van der Waals surface area contributed by atoms with E-state index in [1.165, 1.54) is 0 Å². The number of carbonyl (C=O) groups excluding carboxylic acids is 2. The maximum atomic E-state index is 12.5. The number of nitrogens with zero attached hydrogens (tertiary/aromatic N) is 3. The molecule has 1 amide bonds. The van der Waals surface area contributed by atoms with Crippen molar-refractivity contribution in [2.24, 2.45) is 11.7 Å². The molecule has 160 valence electrons. The summed E-state index contributed by atoms with van der Waals surface area (Å²) >= 11 is 0. The SMILES string of the molecule is NC(=O)OC(=O)c1nn([C@@H]2CN3CCC2CC3)c2cc(OC3CCOCC3)ccc12. The van der Waals surface area contributed by atoms with E-state index in [1.807, 2.05) is 22.9 Å². The molecule has 1 aromatic carbocycles. The second-order valence-corrected chi connectivity index (χ2v) is 8.32. The third kappa shape index (κ3) is 3.63. The van der Waals surface area contributed by atoms with Gasteiger partial charge in [-0.2, -0.15) is 5.10 Å². The number of piperidine rings is 3. The predicted octanol–water partition coefficient (Wildman–Crippen LogP) is 2.10. The predicted molar refractivity (Wildman–Crippen MR) is 107 cm³/mol. The highest BCUT2D eigenvalue weighted by Crippen LogP contribution is 2.38. The Hall–Kier alpha value is -2.65. The van der Waals surface area contributed by atoms with Crippen LogP contribution in [0.4, 0.5) is 4.79 Å². The number of carbonyl (C=O) groups is 2. The fourth-order valence-corrected chi connectivity index (χ4v) is 4.93. The van der Waals surface area contributed by atoms with Gasteiger partial charge >= 0.3 is 12.1 Å². The summed E-state index contributed by atoms with van der Waals surface area (Å²) < 4.78 is 18.1. The van der Waals surface area contributed by atoms with E-state index >= 15 is 0 Å². The minimum Gasteiger partial charge on any atom is -0.490 e. The summed E-state index contributed by atoms with van der Waals surface area (Å²) in [4.78, 5) is 26.0. The molecule has 0 unspecified atom stereocenters. The van der Waals surface area contributed by atoms with Crippen LogP contribution in [0.15, 0.2) is 18.2 Å². The molecule has 6 rings (SSSR count). The van der Waals surface area contributed by atoms with Crippen LogP contribution in [0.2, 0.25) is 0 Å². The van der Waals surface area contributed by atoms with Crippen molar-refractivity contribution in [3.8, 4) is 5.75 Å². The molecule has 5 heterocycles. The summed E-state index contributed by atoms with van der Waals surface area (Å²) in [6.45, 7) is 4.52. The molecule has 0 saturated carbocycles. The first-order chi connectivity index (χ1) is 14.6. The Morgan fingerprint density at radius 2 is 1.90 bits per heavy atom. The Balaban J connectivity index is 1.53. The number of esters is 1. The van der Waals surface area contributed by atoms with Crippen LogP contribution in [-0.2, 0) is 9.47 Å². The first-order valence-corrected chi connectivity index (χ1v) is 10.6. The molecule has 4 saturated heterocycles. The summed E-state index contributed by atoms with van der Waals surface area (Å²) in [5.41, 5.74) is 5.97. The highest BCUT2D eigenvalue weighted by atomic mass is 16.6. The van der Waals surface area contributed by atoms with Crippen molar-refractivity contribution < 1.29 is 23.8 Å². The zero-order valence-electron chi connectivity index (χ0n) is 16.8. The number of ether oxygens (including phenoxy) is 3. The number of nitrogens with two attached hydrogens (primary N) is 1. The van der Waals surface area contributed by atoms with Gasteiger partial charge in [-0.05, 0) is 44.0 Å². The zero-order valence-corrected chi connectivity index (χ0v) is 16.8. The highest BCUT2D eigenvalue weighted by Gasteiger charge is 2.37. The molecule has 2 aromatic rings. The van der Waals surface area contributed by atoms with Gasteiger partial charge in [-0.15, -0.1) is 0 Å². The van der Waals surface area contributed by atoms with Crippen LogP contribution in [0, 0.1) is 5.92 Å². The Labute approximate surface area is 174 Å². The third-order valence-electron chi connectivity index (χ3n) is 6.47. The lowest BCUT2D eigenvalue weighted by Gasteiger charge is -2.44. The molecule has 1 aromatic heterocycles. The van der Waals surface area contributed by atoms with E-state index in [0.29, 0.717) is 24.5 Å². The van der Waals surface area contributed by atoms with Crippen LogP contribution in [-0.4, -0.2) is 65.7 Å². The lowest BCUT2D eigenvalue weighted by molar-refractivity contribution is 0.0256. The van der Waals surface area contributed by atoms with Crippen LogP contribution in [0.3, 0.4) is 0 Å². The number of rotatable bonds is 4. The van der Waals surface area contributed by atoms with Gasteiger partial charge in [-0.1, -0.05) is 0 Å². The van der Waals surface area contributed by atoms with E-state index in [2.05, 4.69) is 14.7 Å². The van der Waals surface area contributed by atoms with Crippen molar-refractivity contribution >= 4 is 23.0 Å². The van der Waals surface area contributed by atoms with E-state index < -0.39 is 12.1 Å². The third-order valence-corrected chi connectivity index (χ3v) is 6.47. The van der Waals surface area contributed by atoms with Crippen LogP contribution < -0.4 is 10.5 Å². The van der Waals surface area contributed by atoms with Gasteiger partial charge in [0.05, 0.1) is 24.8 Å². The van der Waals surface area contributed by atoms with Crippen molar-refractivity contribution in [2.75, 3.05) is 32.8 Å². The molecule has 2 bridgehead atoms. The lowest BCUT2D eigenvalue weighted by Crippen LogP contribution is -2.48. The molecule has 9 nitrogen and oxygen atoms in total. The summed E-state index contributed by atoms with van der Waals surface area (Å²) in [7, 11) is 0. The van der Waals surface area contributed by atoms with Crippen LogP contribution in [0.5, 0.6) is 5.75 Å². The number of hydrogen-bond donors (Lipinski definition) is 1. The normalized spacial score (nSPS) is 26.6. The monoisotopic (exact) mass is 414 g/mol. The number of fused-ring (bicyclic) bond motifs is 4. The first kappa shape index (κ1) is 19.3. The molecule has 30 heavy (non-hydrogen) atoms. The molecular formula is C21H26N4O5. The summed E-state index contributed by atoms with van der Waals surface area (Å²) in [6.07, 6.45) is 2.92. The van der Waals surface area contributed by atoms with E-state index in [-0.39, 0.29) is 17.8 Å². The Kier molecular flexibility index (Phi) is 5.08. The van der Waals surface area contributed by atoms with Crippen LogP contribution >= 0.6 is 0 Å². The number of benzene rings is 1. The molecule has 4 fully saturated rings. The van der Waals surface area contributed by atoms with Gasteiger partial charge in [0.2, 0.25) is 0 Å². The van der Waals surface area contributed by atoms with Crippen molar-refractivity contribution in [3.05, 3.63) is 23.9 Å². The fraction of sp³-hybridized carbons (Fsp3) is 0.571. The number of primary amides is 1. The van der Waals surface area contributed by atoms with E-state index in [4.69, 9.17) is 15.2 Å². The topological polar surface area (TPSA) is 109 Å². The molecule has 9 heteroatoms. The minimum absolute atomic E-state index is 0.109. The fourth-order valence-electron chi connectivity index (χ4n) is 4.93. The minimum atomic E-state index is -1.13. The van der Waals surface area contributed by atoms with Gasteiger partial charge in [0.1, 0.15) is 11.9 Å². The van der Waals surface area contributed by atoms with Crippen molar-refractivity contribution in [3.63, 3.8) is 0 Å². The molecule has 2 N–H and O–H groups in total. The molecule has 0 aliphatic carbocycles. The van der Waals surface area contributed by atoms with E-state index in [1.54, 1.807) is 0 Å². The summed E-state index contributed by atoms with van der Waals surface area (Å²) in [5.74, 6) is 0.426. The number of hydrogen-bond acceptors (Lipinski definition) is 7. The van der Waals surface area contributed by atoms with Gasteiger partial charge in [0.15, 0.2) is 5.69 Å². The second-order valence-electron chi connectivity index (χ2n) is 8.32. The number of amides is 1. The second kappa shape index (κ2) is 7.88. The molecular weight excluding hydrogens is 388 g/mol. The molecule has 0 spiro atoms. The first-order valence-electron chi connectivity index (χ1n) is 10.6. The van der Waals surface area contributed by atoms with Crippen molar-refractivity contribution in [1.29, 1.82) is 0 Å². The maximum Gasteiger partial charge on any atom is 0.412 e. The molecule has 4 aliphatic rings. The van der Waals surface area contributed by atoms with E-state index in [0.717, 1.165) is 56.6 Å². The Morgan fingerprint density at radius 3 is 2.57 bits per heavy atom. The molecule has 1 atom stereocenters. The van der Waals surface area contributed by atoms with Crippen molar-refractivity contribution in [1.82, 2.24) is 14.7 Å². The Bertz CT molecular complexity index is 960. The Morgan fingerprint density at radius 1 is 1.13 bits per heavy atom. The zero-order chi connectivity index (χ0) is 20.7.